The summed E-state index contributed by atoms with van der Waals surface area (Å²) >= 11 is 0. The SMILES string of the molecule is CC(=O)c1cccc(NC(=O)CN2CCNC[C@H]2C)c1. The Hall–Kier alpha value is -1.72. The number of carbonyl (C=O) groups excluding carboxylic acids is 2. The van der Waals surface area contributed by atoms with Gasteiger partial charge in [0.05, 0.1) is 6.54 Å². The molecule has 1 aliphatic rings. The van der Waals surface area contributed by atoms with Crippen molar-refractivity contribution in [3.63, 3.8) is 0 Å². The van der Waals surface area contributed by atoms with E-state index in [4.69, 9.17) is 0 Å². The Labute approximate surface area is 119 Å². The lowest BCUT2D eigenvalue weighted by molar-refractivity contribution is -0.118. The molecule has 1 fully saturated rings. The number of nitrogens with zero attached hydrogens (tertiary/aromatic N) is 1. The Morgan fingerprint density at radius 1 is 1.45 bits per heavy atom. The lowest BCUT2D eigenvalue weighted by Gasteiger charge is -2.33. The van der Waals surface area contributed by atoms with Crippen LogP contribution in [-0.2, 0) is 4.79 Å². The highest BCUT2D eigenvalue weighted by Gasteiger charge is 2.20. The van der Waals surface area contributed by atoms with Gasteiger partial charge in [0.1, 0.15) is 0 Å². The van der Waals surface area contributed by atoms with E-state index < -0.39 is 0 Å². The van der Waals surface area contributed by atoms with Crippen molar-refractivity contribution in [2.75, 3.05) is 31.5 Å². The van der Waals surface area contributed by atoms with Crippen molar-refractivity contribution in [2.45, 2.75) is 19.9 Å². The summed E-state index contributed by atoms with van der Waals surface area (Å²) in [6, 6.07) is 7.39. The lowest BCUT2D eigenvalue weighted by Crippen LogP contribution is -2.51. The number of hydrogen-bond acceptors (Lipinski definition) is 4. The lowest BCUT2D eigenvalue weighted by atomic mass is 10.1. The Balaban J connectivity index is 1.94. The number of ketones is 1. The fourth-order valence-electron chi connectivity index (χ4n) is 2.32. The van der Waals surface area contributed by atoms with Gasteiger partial charge < -0.3 is 10.6 Å². The van der Waals surface area contributed by atoms with Gasteiger partial charge in [-0.05, 0) is 26.0 Å². The summed E-state index contributed by atoms with van der Waals surface area (Å²) in [6.45, 7) is 6.71. The molecule has 0 aromatic heterocycles. The number of rotatable bonds is 4. The molecule has 1 saturated heterocycles. The second kappa shape index (κ2) is 6.63. The van der Waals surface area contributed by atoms with Gasteiger partial charge in [-0.3, -0.25) is 14.5 Å². The fourth-order valence-corrected chi connectivity index (χ4v) is 2.32. The Kier molecular flexibility index (Phi) is 4.87. The summed E-state index contributed by atoms with van der Waals surface area (Å²) in [5, 5.41) is 6.15. The predicted octanol–water partition coefficient (Wildman–Crippen LogP) is 1.12. The highest BCUT2D eigenvalue weighted by Crippen LogP contribution is 2.11. The van der Waals surface area contributed by atoms with E-state index in [0.29, 0.717) is 23.8 Å². The van der Waals surface area contributed by atoms with Gasteiger partial charge in [0.2, 0.25) is 5.91 Å². The van der Waals surface area contributed by atoms with Crippen molar-refractivity contribution < 1.29 is 9.59 Å². The normalized spacial score (nSPS) is 19.6. The van der Waals surface area contributed by atoms with E-state index in [2.05, 4.69) is 22.5 Å². The first kappa shape index (κ1) is 14.7. The van der Waals surface area contributed by atoms with Gasteiger partial charge in [0.25, 0.3) is 0 Å². The first-order valence-corrected chi connectivity index (χ1v) is 6.92. The van der Waals surface area contributed by atoms with E-state index in [1.165, 1.54) is 6.92 Å². The average Bonchev–Trinajstić information content (AvgIpc) is 2.41. The van der Waals surface area contributed by atoms with Crippen LogP contribution in [0.2, 0.25) is 0 Å². The molecular formula is C15H21N3O2. The Bertz CT molecular complexity index is 502. The van der Waals surface area contributed by atoms with Crippen molar-refractivity contribution in [1.82, 2.24) is 10.2 Å². The minimum atomic E-state index is -0.0422. The van der Waals surface area contributed by atoms with Crippen molar-refractivity contribution in [3.05, 3.63) is 29.8 Å². The topological polar surface area (TPSA) is 61.4 Å². The number of hydrogen-bond donors (Lipinski definition) is 2. The zero-order valence-electron chi connectivity index (χ0n) is 12.0. The summed E-state index contributed by atoms with van der Waals surface area (Å²) < 4.78 is 0. The number of carbonyl (C=O) groups is 2. The monoisotopic (exact) mass is 275 g/mol. The van der Waals surface area contributed by atoms with Crippen LogP contribution in [0.25, 0.3) is 0 Å². The summed E-state index contributed by atoms with van der Waals surface area (Å²) in [4.78, 5) is 25.5. The maximum atomic E-state index is 12.0. The maximum absolute atomic E-state index is 12.0. The second-order valence-electron chi connectivity index (χ2n) is 5.21. The van der Waals surface area contributed by atoms with E-state index in [-0.39, 0.29) is 11.7 Å². The van der Waals surface area contributed by atoms with Crippen LogP contribution in [0.3, 0.4) is 0 Å². The maximum Gasteiger partial charge on any atom is 0.238 e. The molecule has 1 aromatic rings. The average molecular weight is 275 g/mol. The quantitative estimate of drug-likeness (QED) is 0.808. The molecule has 1 amide bonds. The van der Waals surface area contributed by atoms with Gasteiger partial charge in [0, 0.05) is 36.9 Å². The van der Waals surface area contributed by atoms with Gasteiger partial charge in [0.15, 0.2) is 5.78 Å². The molecule has 2 N–H and O–H groups in total. The van der Waals surface area contributed by atoms with Gasteiger partial charge >= 0.3 is 0 Å². The third-order valence-electron chi connectivity index (χ3n) is 3.54. The van der Waals surface area contributed by atoms with Crippen LogP contribution in [0.1, 0.15) is 24.2 Å². The highest BCUT2D eigenvalue weighted by molar-refractivity contribution is 5.97. The molecule has 1 atom stereocenters. The largest absolute Gasteiger partial charge is 0.325 e. The van der Waals surface area contributed by atoms with E-state index in [1.807, 2.05) is 0 Å². The summed E-state index contributed by atoms with van der Waals surface area (Å²) in [5.74, 6) is -0.0451. The molecule has 20 heavy (non-hydrogen) atoms. The van der Waals surface area contributed by atoms with E-state index in [1.54, 1.807) is 24.3 Å². The number of benzene rings is 1. The number of amides is 1. The van der Waals surface area contributed by atoms with E-state index >= 15 is 0 Å². The molecule has 5 nitrogen and oxygen atoms in total. The molecule has 2 rings (SSSR count). The zero-order valence-corrected chi connectivity index (χ0v) is 12.0. The molecule has 108 valence electrons. The van der Waals surface area contributed by atoms with E-state index in [0.717, 1.165) is 19.6 Å². The summed E-state index contributed by atoms with van der Waals surface area (Å²) in [7, 11) is 0. The van der Waals surface area contributed by atoms with E-state index in [9.17, 15) is 9.59 Å². The van der Waals surface area contributed by atoms with Crippen LogP contribution < -0.4 is 10.6 Å². The highest BCUT2D eigenvalue weighted by atomic mass is 16.2. The van der Waals surface area contributed by atoms with Gasteiger partial charge in [-0.15, -0.1) is 0 Å². The molecule has 0 spiro atoms. The third-order valence-corrected chi connectivity index (χ3v) is 3.54. The van der Waals surface area contributed by atoms with Crippen LogP contribution in [0.5, 0.6) is 0 Å². The minimum Gasteiger partial charge on any atom is -0.325 e. The Morgan fingerprint density at radius 2 is 2.25 bits per heavy atom. The summed E-state index contributed by atoms with van der Waals surface area (Å²) in [6.07, 6.45) is 0. The second-order valence-corrected chi connectivity index (χ2v) is 5.21. The van der Waals surface area contributed by atoms with Crippen LogP contribution in [0.4, 0.5) is 5.69 Å². The van der Waals surface area contributed by atoms with Crippen molar-refractivity contribution in [2.24, 2.45) is 0 Å². The molecule has 0 unspecified atom stereocenters. The van der Waals surface area contributed by atoms with Crippen molar-refractivity contribution >= 4 is 17.4 Å². The standard InChI is InChI=1S/C15H21N3O2/c1-11-9-16-6-7-18(11)10-15(20)17-14-5-3-4-13(8-14)12(2)19/h3-5,8,11,16H,6-7,9-10H2,1-2H3,(H,17,20)/t11-/m1/s1. The first-order valence-electron chi connectivity index (χ1n) is 6.92. The fraction of sp³-hybridized carbons (Fsp3) is 0.467. The number of nitrogens with one attached hydrogen (secondary N) is 2. The van der Waals surface area contributed by atoms with Gasteiger partial charge in [-0.1, -0.05) is 12.1 Å². The van der Waals surface area contributed by atoms with Gasteiger partial charge in [-0.25, -0.2) is 0 Å². The molecule has 0 saturated carbocycles. The zero-order chi connectivity index (χ0) is 14.5. The smallest absolute Gasteiger partial charge is 0.238 e. The number of piperazine rings is 1. The first-order chi connectivity index (χ1) is 9.56. The molecule has 1 aromatic carbocycles. The third kappa shape index (κ3) is 3.88. The molecule has 1 aliphatic heterocycles. The molecule has 0 aliphatic carbocycles. The molecule has 1 heterocycles. The van der Waals surface area contributed by atoms with Crippen LogP contribution >= 0.6 is 0 Å². The molecular weight excluding hydrogens is 254 g/mol. The van der Waals surface area contributed by atoms with Crippen molar-refractivity contribution in [1.29, 1.82) is 0 Å². The summed E-state index contributed by atoms with van der Waals surface area (Å²) in [5.41, 5.74) is 1.28. The van der Waals surface area contributed by atoms with Crippen LogP contribution in [0, 0.1) is 0 Å². The molecule has 0 radical (unpaired) electrons. The van der Waals surface area contributed by atoms with Crippen molar-refractivity contribution in [3.8, 4) is 0 Å². The minimum absolute atomic E-state index is 0.00294. The van der Waals surface area contributed by atoms with Crippen LogP contribution in [-0.4, -0.2) is 48.8 Å². The van der Waals surface area contributed by atoms with Gasteiger partial charge in [-0.2, -0.15) is 0 Å². The van der Waals surface area contributed by atoms with Crippen LogP contribution in [0.15, 0.2) is 24.3 Å². The Morgan fingerprint density at radius 3 is 2.95 bits per heavy atom. The number of Topliss-reactive ketones (excluding diaryl/α,β-unsaturated/α-hetero) is 1. The molecule has 0 bridgehead atoms. The molecule has 5 heteroatoms. The predicted molar refractivity (Wildman–Crippen MR) is 79.0 cm³/mol. The number of anilines is 1.